The molecule has 0 aromatic rings. The summed E-state index contributed by atoms with van der Waals surface area (Å²) in [5.41, 5.74) is 0. The predicted molar refractivity (Wildman–Crippen MR) is 80.8 cm³/mol. The van der Waals surface area contributed by atoms with Crippen LogP contribution < -0.4 is 10.6 Å². The minimum atomic E-state index is 0.794. The van der Waals surface area contributed by atoms with Crippen LogP contribution in [0.15, 0.2) is 0 Å². The lowest BCUT2D eigenvalue weighted by Gasteiger charge is -2.27. The topological polar surface area (TPSA) is 33.3 Å². The number of nitrogens with one attached hydrogen (secondary N) is 2. The molecule has 3 nitrogen and oxygen atoms in total. The summed E-state index contributed by atoms with van der Waals surface area (Å²) in [6.45, 7) is 7.91. The van der Waals surface area contributed by atoms with Gasteiger partial charge >= 0.3 is 0 Å². The van der Waals surface area contributed by atoms with Crippen LogP contribution in [0.3, 0.4) is 0 Å². The molecule has 1 saturated carbocycles. The summed E-state index contributed by atoms with van der Waals surface area (Å²) in [5, 5.41) is 7.37. The van der Waals surface area contributed by atoms with Crippen LogP contribution in [-0.2, 0) is 4.74 Å². The van der Waals surface area contributed by atoms with Crippen LogP contribution in [0.1, 0.15) is 46.0 Å². The van der Waals surface area contributed by atoms with Crippen molar-refractivity contribution in [2.45, 2.75) is 46.0 Å². The maximum absolute atomic E-state index is 5.28. The molecule has 0 saturated heterocycles. The van der Waals surface area contributed by atoms with Crippen LogP contribution in [-0.4, -0.2) is 31.4 Å². The van der Waals surface area contributed by atoms with Crippen molar-refractivity contribution in [3.8, 4) is 0 Å². The van der Waals surface area contributed by atoms with Gasteiger partial charge in [0.25, 0.3) is 0 Å². The second-order valence-corrected chi connectivity index (χ2v) is 5.73. The highest BCUT2D eigenvalue weighted by Crippen LogP contribution is 2.27. The molecule has 0 aliphatic heterocycles. The Hall–Kier alpha value is -0.350. The maximum atomic E-state index is 5.28. The number of hydrogen-bond donors (Lipinski definition) is 2. The minimum absolute atomic E-state index is 0.794. The van der Waals surface area contributed by atoms with Gasteiger partial charge in [0, 0.05) is 26.3 Å². The van der Waals surface area contributed by atoms with Gasteiger partial charge in [0.05, 0.1) is 0 Å². The summed E-state index contributed by atoms with van der Waals surface area (Å²) >= 11 is 5.27. The van der Waals surface area contributed by atoms with Gasteiger partial charge in [-0.15, -0.1) is 0 Å². The zero-order valence-corrected chi connectivity index (χ0v) is 12.7. The summed E-state index contributed by atoms with van der Waals surface area (Å²) in [5.74, 6) is 1.69. The second-order valence-electron chi connectivity index (χ2n) is 5.33. The molecule has 0 aromatic heterocycles. The molecule has 2 unspecified atom stereocenters. The predicted octanol–water partition coefficient (Wildman–Crippen LogP) is 2.70. The molecule has 1 aliphatic carbocycles. The summed E-state index contributed by atoms with van der Waals surface area (Å²) in [6.07, 6.45) is 6.49. The highest BCUT2D eigenvalue weighted by atomic mass is 32.1. The molecule has 106 valence electrons. The summed E-state index contributed by atoms with van der Waals surface area (Å²) in [4.78, 5) is 0. The molecule has 1 rings (SSSR count). The first kappa shape index (κ1) is 15.7. The van der Waals surface area contributed by atoms with Crippen molar-refractivity contribution in [2.24, 2.45) is 11.8 Å². The summed E-state index contributed by atoms with van der Waals surface area (Å²) < 4.78 is 5.28. The molecule has 0 amide bonds. The number of ether oxygens (including phenoxy) is 1. The molecule has 0 spiro atoms. The van der Waals surface area contributed by atoms with Crippen molar-refractivity contribution in [3.63, 3.8) is 0 Å². The van der Waals surface area contributed by atoms with E-state index in [1.807, 2.05) is 6.92 Å². The van der Waals surface area contributed by atoms with Gasteiger partial charge in [0.15, 0.2) is 5.11 Å². The van der Waals surface area contributed by atoms with Gasteiger partial charge in [0.1, 0.15) is 0 Å². The standard InChI is InChI=1S/C14H28N2OS/c1-3-17-9-5-8-15-14(18)16-11-13-7-4-6-12(2)10-13/h12-13H,3-11H2,1-2H3,(H2,15,16,18). The summed E-state index contributed by atoms with van der Waals surface area (Å²) in [6, 6.07) is 0. The van der Waals surface area contributed by atoms with Crippen molar-refractivity contribution in [3.05, 3.63) is 0 Å². The fourth-order valence-corrected chi connectivity index (χ4v) is 2.75. The number of thiocarbonyl (C=S) groups is 1. The van der Waals surface area contributed by atoms with Crippen LogP contribution in [0, 0.1) is 11.8 Å². The van der Waals surface area contributed by atoms with E-state index in [2.05, 4.69) is 17.6 Å². The summed E-state index contributed by atoms with van der Waals surface area (Å²) in [7, 11) is 0. The number of rotatable bonds is 7. The van der Waals surface area contributed by atoms with E-state index in [0.29, 0.717) is 0 Å². The van der Waals surface area contributed by atoms with Gasteiger partial charge in [-0.2, -0.15) is 0 Å². The largest absolute Gasteiger partial charge is 0.382 e. The lowest BCUT2D eigenvalue weighted by atomic mass is 9.82. The Balaban J connectivity index is 1.99. The highest BCUT2D eigenvalue weighted by molar-refractivity contribution is 7.80. The zero-order valence-electron chi connectivity index (χ0n) is 11.8. The van der Waals surface area contributed by atoms with Crippen molar-refractivity contribution >= 4 is 17.3 Å². The van der Waals surface area contributed by atoms with E-state index in [0.717, 1.165) is 49.7 Å². The zero-order chi connectivity index (χ0) is 13.2. The van der Waals surface area contributed by atoms with Crippen LogP contribution in [0.4, 0.5) is 0 Å². The van der Waals surface area contributed by atoms with E-state index in [1.54, 1.807) is 0 Å². The molecule has 18 heavy (non-hydrogen) atoms. The Labute approximate surface area is 117 Å². The third-order valence-corrected chi connectivity index (χ3v) is 3.84. The van der Waals surface area contributed by atoms with E-state index < -0.39 is 0 Å². The molecule has 4 heteroatoms. The van der Waals surface area contributed by atoms with Gasteiger partial charge in [-0.3, -0.25) is 0 Å². The van der Waals surface area contributed by atoms with Crippen molar-refractivity contribution in [2.75, 3.05) is 26.3 Å². The smallest absolute Gasteiger partial charge is 0.166 e. The first-order valence-corrected chi connectivity index (χ1v) is 7.72. The molecule has 2 N–H and O–H groups in total. The van der Waals surface area contributed by atoms with E-state index >= 15 is 0 Å². The fraction of sp³-hybridized carbons (Fsp3) is 0.929. The molecule has 2 atom stereocenters. The highest BCUT2D eigenvalue weighted by Gasteiger charge is 2.18. The molecule has 0 heterocycles. The monoisotopic (exact) mass is 272 g/mol. The van der Waals surface area contributed by atoms with E-state index in [-0.39, 0.29) is 0 Å². The van der Waals surface area contributed by atoms with E-state index in [4.69, 9.17) is 17.0 Å². The van der Waals surface area contributed by atoms with Gasteiger partial charge in [-0.05, 0) is 50.2 Å². The van der Waals surface area contributed by atoms with Crippen LogP contribution in [0.25, 0.3) is 0 Å². The minimum Gasteiger partial charge on any atom is -0.382 e. The van der Waals surface area contributed by atoms with Crippen molar-refractivity contribution < 1.29 is 4.74 Å². The average Bonchev–Trinajstić information content (AvgIpc) is 2.36. The third kappa shape index (κ3) is 7.17. The molecule has 0 bridgehead atoms. The van der Waals surface area contributed by atoms with Crippen molar-refractivity contribution in [1.82, 2.24) is 10.6 Å². The Morgan fingerprint density at radius 1 is 1.33 bits per heavy atom. The Morgan fingerprint density at radius 3 is 2.89 bits per heavy atom. The SMILES string of the molecule is CCOCCCNC(=S)NCC1CCCC(C)C1. The van der Waals surface area contributed by atoms with E-state index in [1.165, 1.54) is 25.7 Å². The van der Waals surface area contributed by atoms with Crippen LogP contribution in [0.2, 0.25) is 0 Å². The number of hydrogen-bond acceptors (Lipinski definition) is 2. The third-order valence-electron chi connectivity index (χ3n) is 3.55. The maximum Gasteiger partial charge on any atom is 0.166 e. The quantitative estimate of drug-likeness (QED) is 0.551. The molecule has 1 fully saturated rings. The molecular weight excluding hydrogens is 244 g/mol. The van der Waals surface area contributed by atoms with Crippen molar-refractivity contribution in [1.29, 1.82) is 0 Å². The average molecular weight is 272 g/mol. The normalized spacial score (nSPS) is 23.7. The van der Waals surface area contributed by atoms with Gasteiger partial charge in [-0.1, -0.05) is 19.8 Å². The van der Waals surface area contributed by atoms with Crippen LogP contribution >= 0.6 is 12.2 Å². The Bertz CT molecular complexity index is 236. The molecule has 0 aromatic carbocycles. The second kappa shape index (κ2) is 9.56. The molecule has 0 radical (unpaired) electrons. The fourth-order valence-electron chi connectivity index (χ4n) is 2.57. The first-order valence-electron chi connectivity index (χ1n) is 7.31. The Morgan fingerprint density at radius 2 is 2.17 bits per heavy atom. The van der Waals surface area contributed by atoms with Gasteiger partial charge in [0.2, 0.25) is 0 Å². The lowest BCUT2D eigenvalue weighted by molar-refractivity contribution is 0.145. The first-order chi connectivity index (χ1) is 8.72. The van der Waals surface area contributed by atoms with E-state index in [9.17, 15) is 0 Å². The van der Waals surface area contributed by atoms with Gasteiger partial charge < -0.3 is 15.4 Å². The lowest BCUT2D eigenvalue weighted by Crippen LogP contribution is -2.39. The molecular formula is C14H28N2OS. The molecule has 1 aliphatic rings. The van der Waals surface area contributed by atoms with Gasteiger partial charge in [-0.25, -0.2) is 0 Å². The van der Waals surface area contributed by atoms with Crippen LogP contribution in [0.5, 0.6) is 0 Å². The Kier molecular flexibility index (Phi) is 8.34.